The second kappa shape index (κ2) is 8.06. The second-order valence-corrected chi connectivity index (χ2v) is 8.81. The first-order valence-corrected chi connectivity index (χ1v) is 10.6. The lowest BCUT2D eigenvalue weighted by molar-refractivity contribution is -0.184. The van der Waals surface area contributed by atoms with Crippen LogP contribution in [-0.4, -0.2) is 38.5 Å². The molecule has 9 heteroatoms. The number of hydrogen-bond donors (Lipinski definition) is 1. The number of nitrogens with zero attached hydrogens (tertiary/aromatic N) is 1. The number of sulfonamides is 1. The van der Waals surface area contributed by atoms with Crippen LogP contribution in [0, 0.1) is 12.8 Å². The number of anilines is 1. The Labute approximate surface area is 167 Å². The molecule has 1 heterocycles. The highest BCUT2D eigenvalue weighted by Gasteiger charge is 2.42. The van der Waals surface area contributed by atoms with E-state index in [0.29, 0.717) is 5.69 Å². The van der Waals surface area contributed by atoms with E-state index in [1.807, 2.05) is 6.92 Å². The molecule has 1 N–H and O–H groups in total. The number of alkyl halides is 3. The minimum atomic E-state index is -4.33. The van der Waals surface area contributed by atoms with Gasteiger partial charge in [0.25, 0.3) is 15.9 Å². The number of piperidine rings is 1. The summed E-state index contributed by atoms with van der Waals surface area (Å²) in [5, 5.41) is 0. The topological polar surface area (TPSA) is 66.5 Å². The standard InChI is InChI=1S/C20H21F3N2O3S/c1-14-4-8-17(9-5-14)24-29(27,28)18-10-6-15(7-11-18)19(26)25-12-2-3-16(13-25)20(21,22)23/h4-11,16,24H,2-3,12-13H2,1H3/t16-/m0/s1. The number of carbonyl (C=O) groups excluding carboxylic acids is 1. The molecule has 1 amide bonds. The van der Waals surface area contributed by atoms with Crippen molar-refractivity contribution in [3.63, 3.8) is 0 Å². The summed E-state index contributed by atoms with van der Waals surface area (Å²) < 4.78 is 66.3. The molecule has 1 atom stereocenters. The van der Waals surface area contributed by atoms with E-state index in [2.05, 4.69) is 4.72 Å². The molecular weight excluding hydrogens is 405 g/mol. The Morgan fingerprint density at radius 3 is 2.28 bits per heavy atom. The number of likely N-dealkylation sites (tertiary alicyclic amines) is 1. The van der Waals surface area contributed by atoms with Gasteiger partial charge in [-0.15, -0.1) is 0 Å². The lowest BCUT2D eigenvalue weighted by atomic mass is 9.97. The van der Waals surface area contributed by atoms with Crippen molar-refractivity contribution in [1.29, 1.82) is 0 Å². The summed E-state index contributed by atoms with van der Waals surface area (Å²) >= 11 is 0. The number of rotatable bonds is 4. The van der Waals surface area contributed by atoms with Crippen LogP contribution in [0.5, 0.6) is 0 Å². The maximum absolute atomic E-state index is 13.0. The van der Waals surface area contributed by atoms with Gasteiger partial charge < -0.3 is 4.90 Å². The second-order valence-electron chi connectivity index (χ2n) is 7.13. The van der Waals surface area contributed by atoms with Crippen LogP contribution in [0.1, 0.15) is 28.8 Å². The van der Waals surface area contributed by atoms with Gasteiger partial charge in [0.1, 0.15) is 0 Å². The molecule has 0 radical (unpaired) electrons. The van der Waals surface area contributed by atoms with Crippen molar-refractivity contribution in [2.75, 3.05) is 17.8 Å². The van der Waals surface area contributed by atoms with E-state index in [9.17, 15) is 26.4 Å². The smallest absolute Gasteiger partial charge is 0.338 e. The van der Waals surface area contributed by atoms with E-state index < -0.39 is 28.0 Å². The van der Waals surface area contributed by atoms with Crippen molar-refractivity contribution in [2.45, 2.75) is 30.8 Å². The van der Waals surface area contributed by atoms with E-state index in [4.69, 9.17) is 0 Å². The Bertz CT molecular complexity index is 972. The molecule has 0 bridgehead atoms. The minimum absolute atomic E-state index is 0.00907. The maximum Gasteiger partial charge on any atom is 0.393 e. The third-order valence-electron chi connectivity index (χ3n) is 4.89. The summed E-state index contributed by atoms with van der Waals surface area (Å²) in [5.74, 6) is -2.06. The molecule has 0 unspecified atom stereocenters. The van der Waals surface area contributed by atoms with Crippen molar-refractivity contribution >= 4 is 21.6 Å². The summed E-state index contributed by atoms with van der Waals surface area (Å²) in [6.07, 6.45) is -4.05. The Hall–Kier alpha value is -2.55. The number of carbonyl (C=O) groups is 1. The minimum Gasteiger partial charge on any atom is -0.338 e. The van der Waals surface area contributed by atoms with Crippen molar-refractivity contribution < 1.29 is 26.4 Å². The van der Waals surface area contributed by atoms with Crippen LogP contribution in [0.25, 0.3) is 0 Å². The summed E-state index contributed by atoms with van der Waals surface area (Å²) in [5.41, 5.74) is 1.55. The lowest BCUT2D eigenvalue weighted by Crippen LogP contribution is -2.44. The molecular formula is C20H21F3N2O3S. The molecule has 2 aromatic rings. The van der Waals surface area contributed by atoms with Crippen LogP contribution >= 0.6 is 0 Å². The van der Waals surface area contributed by atoms with Gasteiger partial charge in [0.05, 0.1) is 10.8 Å². The summed E-state index contributed by atoms with van der Waals surface area (Å²) in [6.45, 7) is 1.76. The molecule has 0 aliphatic carbocycles. The van der Waals surface area contributed by atoms with Crippen molar-refractivity contribution in [3.05, 3.63) is 59.7 Å². The summed E-state index contributed by atoms with van der Waals surface area (Å²) in [4.78, 5) is 13.7. The normalized spacial score (nSPS) is 17.8. The van der Waals surface area contributed by atoms with Gasteiger partial charge in [-0.3, -0.25) is 9.52 Å². The van der Waals surface area contributed by atoms with Gasteiger partial charge in [-0.25, -0.2) is 8.42 Å². The molecule has 3 rings (SSSR count). The van der Waals surface area contributed by atoms with E-state index in [1.54, 1.807) is 24.3 Å². The first-order valence-electron chi connectivity index (χ1n) is 9.12. The Balaban J connectivity index is 1.72. The Morgan fingerprint density at radius 1 is 1.07 bits per heavy atom. The Kier molecular flexibility index (Phi) is 5.88. The maximum atomic E-state index is 13.0. The van der Waals surface area contributed by atoms with Crippen LogP contribution in [-0.2, 0) is 10.0 Å². The zero-order valence-corrected chi connectivity index (χ0v) is 16.6. The van der Waals surface area contributed by atoms with Crippen molar-refractivity contribution in [3.8, 4) is 0 Å². The number of amides is 1. The highest BCUT2D eigenvalue weighted by molar-refractivity contribution is 7.92. The van der Waals surface area contributed by atoms with Crippen LogP contribution in [0.15, 0.2) is 53.4 Å². The molecule has 1 saturated heterocycles. The zero-order chi connectivity index (χ0) is 21.2. The number of aryl methyl sites for hydroxylation is 1. The van der Waals surface area contributed by atoms with Gasteiger partial charge in [0.2, 0.25) is 0 Å². The van der Waals surface area contributed by atoms with E-state index >= 15 is 0 Å². The monoisotopic (exact) mass is 426 g/mol. The van der Waals surface area contributed by atoms with Gasteiger partial charge in [0.15, 0.2) is 0 Å². The first kappa shape index (κ1) is 21.2. The van der Waals surface area contributed by atoms with Crippen LogP contribution in [0.3, 0.4) is 0 Å². The highest BCUT2D eigenvalue weighted by atomic mass is 32.2. The van der Waals surface area contributed by atoms with Gasteiger partial charge in [-0.2, -0.15) is 13.2 Å². The molecule has 2 aromatic carbocycles. The molecule has 0 spiro atoms. The van der Waals surface area contributed by atoms with Crippen molar-refractivity contribution in [2.24, 2.45) is 5.92 Å². The number of benzene rings is 2. The first-order chi connectivity index (χ1) is 13.6. The predicted octanol–water partition coefficient (Wildman–Crippen LogP) is 4.21. The van der Waals surface area contributed by atoms with Gasteiger partial charge >= 0.3 is 6.18 Å². The lowest BCUT2D eigenvalue weighted by Gasteiger charge is -2.33. The predicted molar refractivity (Wildman–Crippen MR) is 103 cm³/mol. The molecule has 5 nitrogen and oxygen atoms in total. The quantitative estimate of drug-likeness (QED) is 0.797. The van der Waals surface area contributed by atoms with Crippen molar-refractivity contribution in [1.82, 2.24) is 4.90 Å². The molecule has 1 aliphatic rings. The van der Waals surface area contributed by atoms with Crippen LogP contribution in [0.2, 0.25) is 0 Å². The average molecular weight is 426 g/mol. The molecule has 1 fully saturated rings. The van der Waals surface area contributed by atoms with E-state index in [-0.39, 0.29) is 36.4 Å². The third kappa shape index (κ3) is 5.09. The summed E-state index contributed by atoms with van der Waals surface area (Å²) in [6, 6.07) is 12.0. The SMILES string of the molecule is Cc1ccc(NS(=O)(=O)c2ccc(C(=O)N3CCC[C@H](C(F)(F)F)C3)cc2)cc1. The molecule has 29 heavy (non-hydrogen) atoms. The molecule has 156 valence electrons. The third-order valence-corrected chi connectivity index (χ3v) is 6.28. The average Bonchev–Trinajstić information content (AvgIpc) is 2.68. The van der Waals surface area contributed by atoms with Gasteiger partial charge in [-0.1, -0.05) is 17.7 Å². The molecule has 1 aliphatic heterocycles. The van der Waals surface area contributed by atoms with Crippen LogP contribution < -0.4 is 4.72 Å². The fourth-order valence-electron chi connectivity index (χ4n) is 3.22. The fourth-order valence-corrected chi connectivity index (χ4v) is 4.28. The summed E-state index contributed by atoms with van der Waals surface area (Å²) in [7, 11) is -3.85. The number of halogens is 3. The fraction of sp³-hybridized carbons (Fsp3) is 0.350. The number of nitrogens with one attached hydrogen (secondary N) is 1. The zero-order valence-electron chi connectivity index (χ0n) is 15.7. The molecule has 0 aromatic heterocycles. The van der Waals surface area contributed by atoms with E-state index in [0.717, 1.165) is 5.56 Å². The molecule has 0 saturated carbocycles. The number of hydrogen-bond acceptors (Lipinski definition) is 3. The van der Waals surface area contributed by atoms with Gasteiger partial charge in [0, 0.05) is 24.3 Å². The van der Waals surface area contributed by atoms with Crippen LogP contribution in [0.4, 0.5) is 18.9 Å². The largest absolute Gasteiger partial charge is 0.393 e. The Morgan fingerprint density at radius 2 is 1.69 bits per heavy atom. The highest BCUT2D eigenvalue weighted by Crippen LogP contribution is 2.33. The van der Waals surface area contributed by atoms with E-state index in [1.165, 1.54) is 29.2 Å². The van der Waals surface area contributed by atoms with Gasteiger partial charge in [-0.05, 0) is 56.2 Å².